The van der Waals surface area contributed by atoms with E-state index in [-0.39, 0.29) is 11.5 Å². The Morgan fingerprint density at radius 3 is 2.62 bits per heavy atom. The van der Waals surface area contributed by atoms with Gasteiger partial charge in [0.25, 0.3) is 0 Å². The molecule has 0 aromatic carbocycles. The van der Waals surface area contributed by atoms with E-state index >= 15 is 0 Å². The average Bonchev–Trinajstić information content (AvgIpc) is 1.99. The van der Waals surface area contributed by atoms with Gasteiger partial charge in [-0.15, -0.1) is 6.58 Å². The lowest BCUT2D eigenvalue weighted by molar-refractivity contribution is -0.0350. The number of rotatable bonds is 2. The third kappa shape index (κ3) is 1.96. The molecule has 0 radical (unpaired) electrons. The van der Waals surface area contributed by atoms with Gasteiger partial charge in [-0.2, -0.15) is 0 Å². The number of hydrogen-bond donors (Lipinski definition) is 1. The van der Waals surface area contributed by atoms with Crippen molar-refractivity contribution in [1.82, 2.24) is 0 Å². The Morgan fingerprint density at radius 2 is 2.08 bits per heavy atom. The van der Waals surface area contributed by atoms with Crippen molar-refractivity contribution in [2.45, 2.75) is 52.6 Å². The summed E-state index contributed by atoms with van der Waals surface area (Å²) in [5, 5.41) is 9.67. The summed E-state index contributed by atoms with van der Waals surface area (Å²) in [6, 6.07) is 0. The second kappa shape index (κ2) is 3.45. The van der Waals surface area contributed by atoms with Crippen molar-refractivity contribution < 1.29 is 5.11 Å². The van der Waals surface area contributed by atoms with Gasteiger partial charge in [0.15, 0.2) is 0 Å². The summed E-state index contributed by atoms with van der Waals surface area (Å²) >= 11 is 0. The highest BCUT2D eigenvalue weighted by atomic mass is 16.3. The maximum atomic E-state index is 9.67. The fraction of sp³-hybridized carbons (Fsp3) is 0.833. The largest absolute Gasteiger partial charge is 0.393 e. The molecule has 1 nitrogen and oxygen atoms in total. The minimum absolute atomic E-state index is 0.0991. The summed E-state index contributed by atoms with van der Waals surface area (Å²) in [4.78, 5) is 0. The first-order valence-electron chi connectivity index (χ1n) is 5.20. The highest BCUT2D eigenvalue weighted by Gasteiger charge is 2.44. The van der Waals surface area contributed by atoms with E-state index in [0.29, 0.717) is 5.41 Å². The lowest BCUT2D eigenvalue weighted by atomic mass is 9.57. The van der Waals surface area contributed by atoms with Gasteiger partial charge in [-0.3, -0.25) is 0 Å². The number of hydrogen-bond acceptors (Lipinski definition) is 1. The molecule has 1 fully saturated rings. The molecule has 1 saturated carbocycles. The van der Waals surface area contributed by atoms with Crippen LogP contribution in [0.3, 0.4) is 0 Å². The fourth-order valence-electron chi connectivity index (χ4n) is 2.41. The van der Waals surface area contributed by atoms with E-state index in [2.05, 4.69) is 27.4 Å². The molecule has 13 heavy (non-hydrogen) atoms. The van der Waals surface area contributed by atoms with Crippen molar-refractivity contribution in [2.24, 2.45) is 10.8 Å². The van der Waals surface area contributed by atoms with Crippen molar-refractivity contribution in [2.75, 3.05) is 0 Å². The van der Waals surface area contributed by atoms with Crippen molar-refractivity contribution >= 4 is 0 Å². The summed E-state index contributed by atoms with van der Waals surface area (Å²) in [6.45, 7) is 10.7. The molecule has 0 heterocycles. The molecule has 0 bridgehead atoms. The van der Waals surface area contributed by atoms with E-state index in [1.807, 2.05) is 6.08 Å². The molecular weight excluding hydrogens is 160 g/mol. The lowest BCUT2D eigenvalue weighted by Crippen LogP contribution is -2.42. The Kier molecular flexibility index (Phi) is 2.86. The topological polar surface area (TPSA) is 20.2 Å². The minimum Gasteiger partial charge on any atom is -0.393 e. The zero-order valence-corrected chi connectivity index (χ0v) is 9.14. The molecule has 1 rings (SSSR count). The van der Waals surface area contributed by atoms with Crippen LogP contribution in [0, 0.1) is 10.8 Å². The number of allylic oxidation sites excluding steroid dienone is 1. The van der Waals surface area contributed by atoms with E-state index in [0.717, 1.165) is 25.7 Å². The van der Waals surface area contributed by atoms with Crippen molar-refractivity contribution in [1.29, 1.82) is 0 Å². The smallest absolute Gasteiger partial charge is 0.0546 e. The Balaban J connectivity index is 2.81. The fourth-order valence-corrected chi connectivity index (χ4v) is 2.41. The van der Waals surface area contributed by atoms with Crippen LogP contribution in [0.15, 0.2) is 12.7 Å². The van der Waals surface area contributed by atoms with Crippen molar-refractivity contribution in [3.05, 3.63) is 12.7 Å². The van der Waals surface area contributed by atoms with Crippen LogP contribution in [0.25, 0.3) is 0 Å². The van der Waals surface area contributed by atoms with Crippen molar-refractivity contribution in [3.8, 4) is 0 Å². The van der Waals surface area contributed by atoms with Crippen LogP contribution in [0.2, 0.25) is 0 Å². The highest BCUT2D eigenvalue weighted by molar-refractivity contribution is 4.98. The molecule has 1 N–H and O–H groups in total. The first-order chi connectivity index (χ1) is 5.91. The molecule has 1 aliphatic carbocycles. The van der Waals surface area contributed by atoms with E-state index in [1.54, 1.807) is 0 Å². The Hall–Kier alpha value is -0.300. The van der Waals surface area contributed by atoms with Gasteiger partial charge in [0.1, 0.15) is 0 Å². The van der Waals surface area contributed by atoms with Gasteiger partial charge in [0.2, 0.25) is 0 Å². The standard InChI is InChI=1S/C12H22O/c1-5-7-12(4)9-10(13)6-8-11(12,2)3/h5,10,13H,1,6-9H2,2-4H3/t10-,12-/m0/s1. The minimum atomic E-state index is -0.0991. The van der Waals surface area contributed by atoms with Crippen LogP contribution in [0.4, 0.5) is 0 Å². The summed E-state index contributed by atoms with van der Waals surface area (Å²) in [5.41, 5.74) is 0.562. The molecule has 0 amide bonds. The second-order valence-electron chi connectivity index (χ2n) is 5.33. The molecule has 0 aromatic heterocycles. The SMILES string of the molecule is C=CC[C@@]1(C)C[C@@H](O)CCC1(C)C. The Bertz CT molecular complexity index is 195. The van der Waals surface area contributed by atoms with E-state index < -0.39 is 0 Å². The molecule has 1 aliphatic rings. The summed E-state index contributed by atoms with van der Waals surface area (Å²) in [7, 11) is 0. The summed E-state index contributed by atoms with van der Waals surface area (Å²) < 4.78 is 0. The van der Waals surface area contributed by atoms with Gasteiger partial charge >= 0.3 is 0 Å². The monoisotopic (exact) mass is 182 g/mol. The van der Waals surface area contributed by atoms with Crippen LogP contribution < -0.4 is 0 Å². The average molecular weight is 182 g/mol. The molecule has 0 aliphatic heterocycles. The van der Waals surface area contributed by atoms with Gasteiger partial charge in [0, 0.05) is 0 Å². The summed E-state index contributed by atoms with van der Waals surface area (Å²) in [6.07, 6.45) is 5.90. The van der Waals surface area contributed by atoms with E-state index in [4.69, 9.17) is 0 Å². The Labute approximate surface area is 81.9 Å². The third-order valence-corrected chi connectivity index (χ3v) is 4.02. The molecule has 0 unspecified atom stereocenters. The lowest BCUT2D eigenvalue weighted by Gasteiger charge is -2.49. The predicted molar refractivity (Wildman–Crippen MR) is 56.6 cm³/mol. The Morgan fingerprint density at radius 1 is 1.46 bits per heavy atom. The van der Waals surface area contributed by atoms with Crippen molar-refractivity contribution in [3.63, 3.8) is 0 Å². The number of aliphatic hydroxyl groups excluding tert-OH is 1. The molecule has 1 heteroatoms. The van der Waals surface area contributed by atoms with E-state index in [9.17, 15) is 5.11 Å². The van der Waals surface area contributed by atoms with Crippen LogP contribution in [0.1, 0.15) is 46.5 Å². The maximum Gasteiger partial charge on any atom is 0.0546 e. The van der Waals surface area contributed by atoms with Crippen LogP contribution in [-0.2, 0) is 0 Å². The van der Waals surface area contributed by atoms with Gasteiger partial charge in [-0.05, 0) is 36.5 Å². The third-order valence-electron chi connectivity index (χ3n) is 4.02. The molecule has 0 saturated heterocycles. The summed E-state index contributed by atoms with van der Waals surface area (Å²) in [5.74, 6) is 0. The first kappa shape index (κ1) is 10.8. The molecule has 2 atom stereocenters. The van der Waals surface area contributed by atoms with Gasteiger partial charge < -0.3 is 5.11 Å². The molecular formula is C12H22O. The quantitative estimate of drug-likeness (QED) is 0.650. The second-order valence-corrected chi connectivity index (χ2v) is 5.33. The van der Waals surface area contributed by atoms with Crippen LogP contribution in [0.5, 0.6) is 0 Å². The van der Waals surface area contributed by atoms with Crippen LogP contribution in [-0.4, -0.2) is 11.2 Å². The van der Waals surface area contributed by atoms with E-state index in [1.165, 1.54) is 0 Å². The molecule has 0 spiro atoms. The first-order valence-corrected chi connectivity index (χ1v) is 5.20. The predicted octanol–water partition coefficient (Wildman–Crippen LogP) is 3.14. The zero-order valence-electron chi connectivity index (χ0n) is 9.14. The van der Waals surface area contributed by atoms with Gasteiger partial charge in [0.05, 0.1) is 6.10 Å². The van der Waals surface area contributed by atoms with Crippen LogP contribution >= 0.6 is 0 Å². The van der Waals surface area contributed by atoms with Gasteiger partial charge in [-0.25, -0.2) is 0 Å². The normalized spacial score (nSPS) is 38.6. The molecule has 76 valence electrons. The highest BCUT2D eigenvalue weighted by Crippen LogP contribution is 2.52. The number of aliphatic hydroxyl groups is 1. The molecule has 0 aromatic rings. The maximum absolute atomic E-state index is 9.67. The van der Waals surface area contributed by atoms with Gasteiger partial charge in [-0.1, -0.05) is 26.8 Å². The zero-order chi connectivity index (χ0) is 10.1.